The second-order valence-electron chi connectivity index (χ2n) is 4.41. The Morgan fingerprint density at radius 2 is 2.00 bits per heavy atom. The monoisotopic (exact) mass is 307 g/mol. The third-order valence-electron chi connectivity index (χ3n) is 2.63. The number of hydrogen-bond donors (Lipinski definition) is 1. The van der Waals surface area contributed by atoms with Crippen molar-refractivity contribution in [1.29, 1.82) is 0 Å². The minimum Gasteiger partial charge on any atom is -0.381 e. The minimum absolute atomic E-state index is 0.224. The maximum absolute atomic E-state index is 13.1. The summed E-state index contributed by atoms with van der Waals surface area (Å²) >= 11 is 0. The van der Waals surface area contributed by atoms with E-state index in [1.807, 2.05) is 6.92 Å². The summed E-state index contributed by atoms with van der Waals surface area (Å²) in [6.07, 6.45) is -3.38. The van der Waals surface area contributed by atoms with Gasteiger partial charge in [0.05, 0.1) is 5.56 Å². The van der Waals surface area contributed by atoms with Gasteiger partial charge in [-0.2, -0.15) is 13.2 Å². The zero-order valence-corrected chi connectivity index (χ0v) is 11.6. The lowest BCUT2D eigenvalue weighted by Gasteiger charge is -2.10. The van der Waals surface area contributed by atoms with E-state index >= 15 is 0 Å². The smallest absolute Gasteiger partial charge is 0.381 e. The van der Waals surface area contributed by atoms with E-state index in [2.05, 4.69) is 5.32 Å². The number of amides is 1. The molecule has 0 aliphatic carbocycles. The molecule has 21 heavy (non-hydrogen) atoms. The molecule has 0 heterocycles. The zero-order valence-electron chi connectivity index (χ0n) is 11.6. The largest absolute Gasteiger partial charge is 0.419 e. The van der Waals surface area contributed by atoms with Crippen LogP contribution in [0.4, 0.5) is 17.6 Å². The van der Waals surface area contributed by atoms with Gasteiger partial charge in [-0.1, -0.05) is 6.92 Å². The number of rotatable bonds is 7. The zero-order chi connectivity index (χ0) is 15.9. The Hall–Kier alpha value is -1.63. The second kappa shape index (κ2) is 7.97. The lowest BCUT2D eigenvalue weighted by atomic mass is 10.1. The van der Waals surface area contributed by atoms with E-state index in [4.69, 9.17) is 4.74 Å². The van der Waals surface area contributed by atoms with Crippen molar-refractivity contribution in [1.82, 2.24) is 5.32 Å². The summed E-state index contributed by atoms with van der Waals surface area (Å²) in [4.78, 5) is 11.7. The van der Waals surface area contributed by atoms with Crippen LogP contribution in [0.3, 0.4) is 0 Å². The number of carbonyl (C=O) groups excluding carboxylic acids is 1. The van der Waals surface area contributed by atoms with Gasteiger partial charge in [-0.15, -0.1) is 0 Å². The van der Waals surface area contributed by atoms with Gasteiger partial charge in [0.1, 0.15) is 5.82 Å². The number of halogens is 4. The van der Waals surface area contributed by atoms with Gasteiger partial charge in [0, 0.05) is 25.3 Å². The molecule has 0 aliphatic rings. The number of alkyl halides is 3. The average molecular weight is 307 g/mol. The minimum atomic E-state index is -4.83. The molecule has 3 nitrogen and oxygen atoms in total. The van der Waals surface area contributed by atoms with Crippen molar-refractivity contribution in [2.45, 2.75) is 25.9 Å². The standard InChI is InChI=1S/C14H17F4NO2/c1-2-7-21-8-3-6-19-13(20)10-4-5-12(15)11(9-10)14(16,17)18/h4-5,9H,2-3,6-8H2,1H3,(H,19,20). The van der Waals surface area contributed by atoms with Crippen LogP contribution in [-0.4, -0.2) is 25.7 Å². The molecule has 7 heteroatoms. The number of hydrogen-bond acceptors (Lipinski definition) is 2. The lowest BCUT2D eigenvalue weighted by molar-refractivity contribution is -0.140. The number of ether oxygens (including phenoxy) is 1. The van der Waals surface area contributed by atoms with Crippen LogP contribution in [0.2, 0.25) is 0 Å². The second-order valence-corrected chi connectivity index (χ2v) is 4.41. The molecule has 118 valence electrons. The molecule has 0 fully saturated rings. The van der Waals surface area contributed by atoms with E-state index in [1.165, 1.54) is 0 Å². The Bertz CT molecular complexity index is 475. The molecule has 0 aliphatic heterocycles. The summed E-state index contributed by atoms with van der Waals surface area (Å²) < 4.78 is 55.9. The normalized spacial score (nSPS) is 11.5. The van der Waals surface area contributed by atoms with Gasteiger partial charge < -0.3 is 10.1 Å². The summed E-state index contributed by atoms with van der Waals surface area (Å²) in [6.45, 7) is 3.34. The van der Waals surface area contributed by atoms with Gasteiger partial charge >= 0.3 is 6.18 Å². The molecule has 0 aromatic heterocycles. The van der Waals surface area contributed by atoms with Gasteiger partial charge in [-0.3, -0.25) is 4.79 Å². The Morgan fingerprint density at radius 1 is 1.29 bits per heavy atom. The van der Waals surface area contributed by atoms with Gasteiger partial charge in [0.15, 0.2) is 0 Å². The van der Waals surface area contributed by atoms with Gasteiger partial charge in [0.2, 0.25) is 0 Å². The van der Waals surface area contributed by atoms with Crippen molar-refractivity contribution in [3.63, 3.8) is 0 Å². The Kier molecular flexibility index (Phi) is 6.61. The summed E-state index contributed by atoms with van der Waals surface area (Å²) in [5.74, 6) is -2.07. The molecule has 1 rings (SSSR count). The third-order valence-corrected chi connectivity index (χ3v) is 2.63. The van der Waals surface area contributed by atoms with Crippen molar-refractivity contribution in [3.8, 4) is 0 Å². The predicted octanol–water partition coefficient (Wildman–Crippen LogP) is 3.39. The fourth-order valence-electron chi connectivity index (χ4n) is 1.61. The highest BCUT2D eigenvalue weighted by Gasteiger charge is 2.34. The summed E-state index contributed by atoms with van der Waals surface area (Å²) in [7, 11) is 0. The first-order valence-corrected chi connectivity index (χ1v) is 6.59. The number of carbonyl (C=O) groups is 1. The first-order chi connectivity index (χ1) is 9.86. The maximum atomic E-state index is 13.1. The highest BCUT2D eigenvalue weighted by molar-refractivity contribution is 5.94. The molecule has 1 aromatic carbocycles. The van der Waals surface area contributed by atoms with Crippen molar-refractivity contribution in [3.05, 3.63) is 35.1 Å². The van der Waals surface area contributed by atoms with Crippen LogP contribution in [0.25, 0.3) is 0 Å². The predicted molar refractivity (Wildman–Crippen MR) is 69.5 cm³/mol. The van der Waals surface area contributed by atoms with Crippen LogP contribution in [0.1, 0.15) is 35.7 Å². The Balaban J connectivity index is 2.55. The fourth-order valence-corrected chi connectivity index (χ4v) is 1.61. The van der Waals surface area contributed by atoms with E-state index < -0.39 is 23.5 Å². The Morgan fingerprint density at radius 3 is 2.62 bits per heavy atom. The fraction of sp³-hybridized carbons (Fsp3) is 0.500. The summed E-state index contributed by atoms with van der Waals surface area (Å²) in [5.41, 5.74) is -1.67. The van der Waals surface area contributed by atoms with Crippen LogP contribution in [-0.2, 0) is 10.9 Å². The van der Waals surface area contributed by atoms with Gasteiger partial charge in [0.25, 0.3) is 5.91 Å². The molecule has 1 amide bonds. The van der Waals surface area contributed by atoms with Crippen LogP contribution < -0.4 is 5.32 Å². The lowest BCUT2D eigenvalue weighted by Crippen LogP contribution is -2.26. The number of benzene rings is 1. The Labute approximate surface area is 120 Å². The molecule has 0 radical (unpaired) electrons. The van der Waals surface area contributed by atoms with Crippen LogP contribution >= 0.6 is 0 Å². The van der Waals surface area contributed by atoms with Crippen molar-refractivity contribution >= 4 is 5.91 Å². The van der Waals surface area contributed by atoms with Crippen molar-refractivity contribution in [2.75, 3.05) is 19.8 Å². The third kappa shape index (κ3) is 5.71. The van der Waals surface area contributed by atoms with E-state index in [0.717, 1.165) is 12.5 Å². The maximum Gasteiger partial charge on any atom is 0.419 e. The molecular formula is C14H17F4NO2. The van der Waals surface area contributed by atoms with Gasteiger partial charge in [-0.25, -0.2) is 4.39 Å². The number of nitrogens with one attached hydrogen (secondary N) is 1. The first kappa shape index (κ1) is 17.4. The SMILES string of the molecule is CCCOCCCNC(=O)c1ccc(F)c(C(F)(F)F)c1. The molecule has 0 saturated heterocycles. The molecule has 0 spiro atoms. The van der Waals surface area contributed by atoms with Crippen molar-refractivity contribution < 1.29 is 27.1 Å². The molecule has 0 atom stereocenters. The highest BCUT2D eigenvalue weighted by Crippen LogP contribution is 2.31. The van der Waals surface area contributed by atoms with Crippen LogP contribution in [0, 0.1) is 5.82 Å². The van der Waals surface area contributed by atoms with Crippen molar-refractivity contribution in [2.24, 2.45) is 0 Å². The van der Waals surface area contributed by atoms with E-state index in [1.54, 1.807) is 0 Å². The highest BCUT2D eigenvalue weighted by atomic mass is 19.4. The topological polar surface area (TPSA) is 38.3 Å². The van der Waals surface area contributed by atoms with Gasteiger partial charge in [-0.05, 0) is 31.0 Å². The molecule has 1 N–H and O–H groups in total. The molecule has 0 unspecified atom stereocenters. The molecule has 0 bridgehead atoms. The molecular weight excluding hydrogens is 290 g/mol. The van der Waals surface area contributed by atoms with E-state index in [0.29, 0.717) is 31.8 Å². The average Bonchev–Trinajstić information content (AvgIpc) is 2.41. The summed E-state index contributed by atoms with van der Waals surface area (Å²) in [5, 5.41) is 2.47. The quantitative estimate of drug-likeness (QED) is 0.619. The van der Waals surface area contributed by atoms with E-state index in [9.17, 15) is 22.4 Å². The molecule has 0 saturated carbocycles. The van der Waals surface area contributed by atoms with Crippen LogP contribution in [0.5, 0.6) is 0 Å². The van der Waals surface area contributed by atoms with E-state index in [-0.39, 0.29) is 12.1 Å². The molecule has 1 aromatic rings. The van der Waals surface area contributed by atoms with Crippen LogP contribution in [0.15, 0.2) is 18.2 Å². The first-order valence-electron chi connectivity index (χ1n) is 6.59. The summed E-state index contributed by atoms with van der Waals surface area (Å²) in [6, 6.07) is 2.17.